The second-order valence-corrected chi connectivity index (χ2v) is 5.73. The molecule has 7 heteroatoms. The normalized spacial score (nSPS) is 20.6. The highest BCUT2D eigenvalue weighted by atomic mass is 16.1. The largest absolute Gasteiger partial charge is 0.328 e. The SMILES string of the molecule is CCn1ncc([C@@H]2C3=C(CCCC3=O)Nc3ncnn32)c1C. The van der Waals surface area contributed by atoms with Crippen LogP contribution < -0.4 is 5.32 Å². The molecule has 0 fully saturated rings. The number of rotatable bonds is 2. The average Bonchev–Trinajstić information content (AvgIpc) is 3.11. The highest BCUT2D eigenvalue weighted by Crippen LogP contribution is 2.40. The van der Waals surface area contributed by atoms with E-state index >= 15 is 0 Å². The van der Waals surface area contributed by atoms with Crippen molar-refractivity contribution < 1.29 is 4.79 Å². The van der Waals surface area contributed by atoms with Gasteiger partial charge >= 0.3 is 0 Å². The summed E-state index contributed by atoms with van der Waals surface area (Å²) in [5.74, 6) is 0.894. The molecule has 3 heterocycles. The first-order valence-electron chi connectivity index (χ1n) is 7.65. The third kappa shape index (κ3) is 1.74. The standard InChI is InChI=1S/C15H18N6O/c1-3-20-9(2)10(7-17-20)14-13-11(5-4-6-12(13)22)19-15-16-8-18-21(14)15/h7-8,14H,3-6H2,1-2H3,(H,16,18,19)/t14-/m1/s1. The number of fused-ring (bicyclic) bond motifs is 1. The van der Waals surface area contributed by atoms with Crippen LogP contribution >= 0.6 is 0 Å². The van der Waals surface area contributed by atoms with Crippen LogP contribution in [0.15, 0.2) is 23.8 Å². The molecule has 0 radical (unpaired) electrons. The summed E-state index contributed by atoms with van der Waals surface area (Å²) in [6, 6.07) is -0.221. The van der Waals surface area contributed by atoms with E-state index in [2.05, 4.69) is 27.4 Å². The molecular formula is C15H18N6O. The van der Waals surface area contributed by atoms with Crippen LogP contribution in [-0.4, -0.2) is 30.3 Å². The lowest BCUT2D eigenvalue weighted by Crippen LogP contribution is -2.31. The van der Waals surface area contributed by atoms with Gasteiger partial charge in [-0.3, -0.25) is 9.48 Å². The molecule has 1 N–H and O–H groups in total. The zero-order valence-corrected chi connectivity index (χ0v) is 12.7. The molecule has 114 valence electrons. The molecule has 4 rings (SSSR count). The predicted molar refractivity (Wildman–Crippen MR) is 80.3 cm³/mol. The van der Waals surface area contributed by atoms with Gasteiger partial charge in [-0.2, -0.15) is 15.2 Å². The monoisotopic (exact) mass is 298 g/mol. The predicted octanol–water partition coefficient (Wildman–Crippen LogP) is 1.82. The summed E-state index contributed by atoms with van der Waals surface area (Å²) in [6.45, 7) is 4.91. The fourth-order valence-corrected chi connectivity index (χ4v) is 3.43. The lowest BCUT2D eigenvalue weighted by atomic mass is 9.86. The molecule has 0 saturated carbocycles. The number of hydrogen-bond donors (Lipinski definition) is 1. The quantitative estimate of drug-likeness (QED) is 0.915. The van der Waals surface area contributed by atoms with E-state index in [9.17, 15) is 4.79 Å². The van der Waals surface area contributed by atoms with Gasteiger partial charge < -0.3 is 5.32 Å². The van der Waals surface area contributed by atoms with Crippen molar-refractivity contribution in [1.82, 2.24) is 24.5 Å². The number of anilines is 1. The number of hydrogen-bond acceptors (Lipinski definition) is 5. The molecule has 22 heavy (non-hydrogen) atoms. The Morgan fingerprint density at radius 3 is 3.00 bits per heavy atom. The van der Waals surface area contributed by atoms with Crippen molar-refractivity contribution in [3.63, 3.8) is 0 Å². The van der Waals surface area contributed by atoms with Gasteiger partial charge in [-0.05, 0) is 26.7 Å². The summed E-state index contributed by atoms with van der Waals surface area (Å²) in [6.07, 6.45) is 5.75. The molecule has 0 spiro atoms. The number of Topliss-reactive ketones (excluding diaryl/α,β-unsaturated/α-hetero) is 1. The number of carbonyl (C=O) groups is 1. The maximum Gasteiger partial charge on any atom is 0.226 e. The van der Waals surface area contributed by atoms with Crippen LogP contribution in [0.25, 0.3) is 0 Å². The van der Waals surface area contributed by atoms with E-state index in [0.29, 0.717) is 12.4 Å². The molecule has 7 nitrogen and oxygen atoms in total. The van der Waals surface area contributed by atoms with Crippen LogP contribution in [0.3, 0.4) is 0 Å². The van der Waals surface area contributed by atoms with E-state index in [1.165, 1.54) is 6.33 Å². The minimum atomic E-state index is -0.221. The number of nitrogens with zero attached hydrogens (tertiary/aromatic N) is 5. The van der Waals surface area contributed by atoms with Crippen molar-refractivity contribution in [2.75, 3.05) is 5.32 Å². The third-order valence-electron chi connectivity index (χ3n) is 4.55. The lowest BCUT2D eigenvalue weighted by molar-refractivity contribution is -0.116. The molecule has 2 aromatic heterocycles. The number of allylic oxidation sites excluding steroid dienone is 2. The van der Waals surface area contributed by atoms with E-state index in [-0.39, 0.29) is 11.8 Å². The highest BCUT2D eigenvalue weighted by molar-refractivity contribution is 5.99. The highest BCUT2D eigenvalue weighted by Gasteiger charge is 2.37. The first kappa shape index (κ1) is 13.2. The molecule has 0 amide bonds. The number of aromatic nitrogens is 5. The fraction of sp³-hybridized carbons (Fsp3) is 0.467. The average molecular weight is 298 g/mol. The maximum absolute atomic E-state index is 12.5. The topological polar surface area (TPSA) is 77.6 Å². The van der Waals surface area contributed by atoms with Crippen molar-refractivity contribution in [3.05, 3.63) is 35.1 Å². The molecule has 0 aromatic carbocycles. The van der Waals surface area contributed by atoms with Crippen LogP contribution in [0.1, 0.15) is 43.5 Å². The van der Waals surface area contributed by atoms with E-state index < -0.39 is 0 Å². The summed E-state index contributed by atoms with van der Waals surface area (Å²) in [4.78, 5) is 16.8. The zero-order chi connectivity index (χ0) is 15.3. The molecule has 0 saturated heterocycles. The summed E-state index contributed by atoms with van der Waals surface area (Å²) in [5.41, 5.74) is 3.91. The van der Waals surface area contributed by atoms with Crippen molar-refractivity contribution in [1.29, 1.82) is 0 Å². The van der Waals surface area contributed by atoms with E-state index in [1.807, 2.05) is 17.8 Å². The van der Waals surface area contributed by atoms with Gasteiger partial charge in [0.05, 0.1) is 6.20 Å². The minimum Gasteiger partial charge on any atom is -0.328 e. The van der Waals surface area contributed by atoms with Gasteiger partial charge in [0.25, 0.3) is 0 Å². The minimum absolute atomic E-state index is 0.198. The van der Waals surface area contributed by atoms with Crippen LogP contribution in [0.2, 0.25) is 0 Å². The Morgan fingerprint density at radius 1 is 1.36 bits per heavy atom. The molecule has 2 aliphatic rings. The Labute approximate surface area is 128 Å². The second-order valence-electron chi connectivity index (χ2n) is 5.73. The molecule has 1 aliphatic heterocycles. The molecule has 0 bridgehead atoms. The van der Waals surface area contributed by atoms with Gasteiger partial charge in [-0.25, -0.2) is 4.68 Å². The maximum atomic E-state index is 12.5. The van der Waals surface area contributed by atoms with Gasteiger partial charge in [0.15, 0.2) is 5.78 Å². The van der Waals surface area contributed by atoms with Crippen LogP contribution in [0.5, 0.6) is 0 Å². The lowest BCUT2D eigenvalue weighted by Gasteiger charge is -2.31. The summed E-state index contributed by atoms with van der Waals surface area (Å²) in [7, 11) is 0. The fourth-order valence-electron chi connectivity index (χ4n) is 3.43. The van der Waals surface area contributed by atoms with Crippen LogP contribution in [0, 0.1) is 6.92 Å². The Hall–Kier alpha value is -2.44. The summed E-state index contributed by atoms with van der Waals surface area (Å²) >= 11 is 0. The summed E-state index contributed by atoms with van der Waals surface area (Å²) < 4.78 is 3.74. The number of ketones is 1. The van der Waals surface area contributed by atoms with Crippen molar-refractivity contribution in [2.24, 2.45) is 0 Å². The first-order chi connectivity index (χ1) is 10.7. The Bertz CT molecular complexity index is 784. The molecule has 1 atom stereocenters. The smallest absolute Gasteiger partial charge is 0.226 e. The van der Waals surface area contributed by atoms with Gasteiger partial charge in [0.2, 0.25) is 5.95 Å². The molecule has 0 unspecified atom stereocenters. The summed E-state index contributed by atoms with van der Waals surface area (Å²) in [5, 5.41) is 12.0. The molecule has 2 aromatic rings. The van der Waals surface area contributed by atoms with Crippen molar-refractivity contribution in [3.8, 4) is 0 Å². The number of nitrogens with one attached hydrogen (secondary N) is 1. The van der Waals surface area contributed by atoms with Crippen LogP contribution in [0.4, 0.5) is 5.95 Å². The van der Waals surface area contributed by atoms with Crippen molar-refractivity contribution in [2.45, 2.75) is 45.7 Å². The number of carbonyl (C=O) groups excluding carboxylic acids is 1. The van der Waals surface area contributed by atoms with E-state index in [1.54, 1.807) is 4.68 Å². The zero-order valence-electron chi connectivity index (χ0n) is 12.7. The first-order valence-corrected chi connectivity index (χ1v) is 7.65. The number of aryl methyl sites for hydroxylation is 1. The Morgan fingerprint density at radius 2 is 2.23 bits per heavy atom. The van der Waals surface area contributed by atoms with Crippen LogP contribution in [-0.2, 0) is 11.3 Å². The van der Waals surface area contributed by atoms with Gasteiger partial charge in [-0.15, -0.1) is 0 Å². The van der Waals surface area contributed by atoms with E-state index in [4.69, 9.17) is 0 Å². The molecular weight excluding hydrogens is 280 g/mol. The Balaban J connectivity index is 1.93. The molecule has 1 aliphatic carbocycles. The van der Waals surface area contributed by atoms with Gasteiger partial charge in [0, 0.05) is 35.5 Å². The van der Waals surface area contributed by atoms with Crippen molar-refractivity contribution >= 4 is 11.7 Å². The Kier molecular flexibility index (Phi) is 2.88. The third-order valence-corrected chi connectivity index (χ3v) is 4.55. The second kappa shape index (κ2) is 4.79. The van der Waals surface area contributed by atoms with E-state index in [0.717, 1.165) is 41.9 Å². The van der Waals surface area contributed by atoms with Gasteiger partial charge in [-0.1, -0.05) is 0 Å². The van der Waals surface area contributed by atoms with Gasteiger partial charge in [0.1, 0.15) is 12.4 Å².